The van der Waals surface area contributed by atoms with Crippen LogP contribution < -0.4 is 14.8 Å². The molecular weight excluding hydrogens is 408 g/mol. The summed E-state index contributed by atoms with van der Waals surface area (Å²) in [6.45, 7) is 3.21. The van der Waals surface area contributed by atoms with Crippen molar-refractivity contribution >= 4 is 0 Å². The number of piperidine rings is 3. The van der Waals surface area contributed by atoms with Gasteiger partial charge in [-0.05, 0) is 60.7 Å². The Morgan fingerprint density at radius 2 is 1.42 bits per heavy atom. The monoisotopic (exact) mass is 442 g/mol. The highest BCUT2D eigenvalue weighted by molar-refractivity contribution is 5.43. The van der Waals surface area contributed by atoms with Crippen LogP contribution in [0.25, 0.3) is 0 Å². The molecule has 2 unspecified atom stereocenters. The summed E-state index contributed by atoms with van der Waals surface area (Å²) in [4.78, 5) is 2.73. The Bertz CT molecular complexity index is 993. The highest BCUT2D eigenvalue weighted by atomic mass is 16.5. The summed E-state index contributed by atoms with van der Waals surface area (Å²) in [6.07, 6.45) is 2.55. The first kappa shape index (κ1) is 22.0. The van der Waals surface area contributed by atoms with E-state index in [1.807, 2.05) is 6.07 Å². The molecule has 2 atom stereocenters. The second kappa shape index (κ2) is 9.98. The van der Waals surface area contributed by atoms with E-state index in [9.17, 15) is 0 Å². The molecule has 4 nitrogen and oxygen atoms in total. The van der Waals surface area contributed by atoms with Crippen LogP contribution in [0, 0.1) is 5.92 Å². The first-order chi connectivity index (χ1) is 16.3. The van der Waals surface area contributed by atoms with Gasteiger partial charge in [0.1, 0.15) is 0 Å². The predicted octanol–water partition coefficient (Wildman–Crippen LogP) is 5.09. The van der Waals surface area contributed by atoms with Crippen LogP contribution in [0.3, 0.4) is 0 Å². The van der Waals surface area contributed by atoms with E-state index in [-0.39, 0.29) is 0 Å². The Morgan fingerprint density at radius 3 is 2.00 bits per heavy atom. The maximum Gasteiger partial charge on any atom is 0.161 e. The molecule has 3 aliphatic heterocycles. The van der Waals surface area contributed by atoms with Crippen molar-refractivity contribution in [3.8, 4) is 11.5 Å². The summed E-state index contributed by atoms with van der Waals surface area (Å²) >= 11 is 0. The van der Waals surface area contributed by atoms with Gasteiger partial charge in [-0.25, -0.2) is 0 Å². The molecule has 3 aromatic rings. The molecule has 6 rings (SSSR count). The van der Waals surface area contributed by atoms with Crippen LogP contribution in [0.5, 0.6) is 11.5 Å². The van der Waals surface area contributed by atoms with Crippen LogP contribution in [0.4, 0.5) is 0 Å². The highest BCUT2D eigenvalue weighted by Crippen LogP contribution is 2.42. The van der Waals surface area contributed by atoms with Crippen LogP contribution >= 0.6 is 0 Å². The zero-order valence-electron chi connectivity index (χ0n) is 19.6. The molecule has 0 amide bonds. The third kappa shape index (κ3) is 4.50. The normalized spacial score (nSPS) is 24.1. The van der Waals surface area contributed by atoms with Crippen LogP contribution in [0.1, 0.15) is 35.4 Å². The van der Waals surface area contributed by atoms with Gasteiger partial charge in [0, 0.05) is 24.5 Å². The van der Waals surface area contributed by atoms with E-state index in [1.54, 1.807) is 14.2 Å². The SMILES string of the molecule is COc1ccc(CNC2C3CCN(CC3)C2C(c2ccccc2)c2ccccc2)cc1OC. The molecule has 4 heteroatoms. The molecule has 3 aromatic carbocycles. The van der Waals surface area contributed by atoms with Crippen molar-refractivity contribution in [3.05, 3.63) is 95.6 Å². The Hall–Kier alpha value is -2.82. The van der Waals surface area contributed by atoms with E-state index in [4.69, 9.17) is 9.47 Å². The predicted molar refractivity (Wildman–Crippen MR) is 133 cm³/mol. The largest absolute Gasteiger partial charge is 0.493 e. The second-order valence-corrected chi connectivity index (χ2v) is 9.26. The number of fused-ring (bicyclic) bond motifs is 3. The molecule has 1 N–H and O–H groups in total. The van der Waals surface area contributed by atoms with E-state index < -0.39 is 0 Å². The van der Waals surface area contributed by atoms with Crippen molar-refractivity contribution in [1.29, 1.82) is 0 Å². The fourth-order valence-electron chi connectivity index (χ4n) is 5.92. The first-order valence-corrected chi connectivity index (χ1v) is 12.1. The summed E-state index contributed by atoms with van der Waals surface area (Å²) in [5, 5.41) is 3.99. The lowest BCUT2D eigenvalue weighted by Gasteiger charge is -2.54. The highest BCUT2D eigenvalue weighted by Gasteiger charge is 2.46. The van der Waals surface area contributed by atoms with Crippen molar-refractivity contribution in [1.82, 2.24) is 10.2 Å². The summed E-state index contributed by atoms with van der Waals surface area (Å²) in [6, 6.07) is 29.2. The molecule has 0 spiro atoms. The average Bonchev–Trinajstić information content (AvgIpc) is 2.89. The Morgan fingerprint density at radius 1 is 0.818 bits per heavy atom. The number of methoxy groups -OCH3 is 2. The maximum atomic E-state index is 5.53. The fraction of sp³-hybridized carbons (Fsp3) is 0.379. The molecule has 3 heterocycles. The molecule has 0 aromatic heterocycles. The second-order valence-electron chi connectivity index (χ2n) is 9.26. The molecule has 3 saturated heterocycles. The van der Waals surface area contributed by atoms with E-state index >= 15 is 0 Å². The zero-order valence-corrected chi connectivity index (χ0v) is 19.6. The Kier molecular flexibility index (Phi) is 6.65. The topological polar surface area (TPSA) is 33.7 Å². The third-order valence-corrected chi connectivity index (χ3v) is 7.52. The summed E-state index contributed by atoms with van der Waals surface area (Å²) in [5.41, 5.74) is 4.03. The van der Waals surface area contributed by atoms with E-state index in [1.165, 1.54) is 42.6 Å². The third-order valence-electron chi connectivity index (χ3n) is 7.52. The molecule has 3 fully saturated rings. The molecule has 172 valence electrons. The summed E-state index contributed by atoms with van der Waals surface area (Å²) < 4.78 is 11.0. The Balaban J connectivity index is 1.46. The number of hydrogen-bond donors (Lipinski definition) is 1. The number of benzene rings is 3. The maximum absolute atomic E-state index is 5.53. The standard InChI is InChI=1S/C29H34N2O2/c1-32-25-14-13-21(19-26(25)33-2)20-30-28-24-15-17-31(18-16-24)29(28)27(22-9-5-3-6-10-22)23-11-7-4-8-12-23/h3-14,19,24,27-30H,15-18,20H2,1-2H3. The van der Waals surface area contributed by atoms with Crippen LogP contribution in [-0.2, 0) is 6.54 Å². The van der Waals surface area contributed by atoms with Crippen molar-refractivity contribution in [3.63, 3.8) is 0 Å². The molecule has 0 aliphatic carbocycles. The minimum absolute atomic E-state index is 0.346. The smallest absolute Gasteiger partial charge is 0.161 e. The lowest BCUT2D eigenvalue weighted by Crippen LogP contribution is -2.64. The number of ether oxygens (including phenoxy) is 2. The summed E-state index contributed by atoms with van der Waals surface area (Å²) in [5.74, 6) is 2.61. The first-order valence-electron chi connectivity index (χ1n) is 12.1. The van der Waals surface area contributed by atoms with Gasteiger partial charge in [0.05, 0.1) is 14.2 Å². The van der Waals surface area contributed by atoms with Crippen molar-refractivity contribution in [2.75, 3.05) is 27.3 Å². The van der Waals surface area contributed by atoms with Crippen LogP contribution in [-0.4, -0.2) is 44.3 Å². The Labute approximate surface area is 197 Å². The quantitative estimate of drug-likeness (QED) is 0.527. The number of nitrogens with zero attached hydrogens (tertiary/aromatic N) is 1. The van der Waals surface area contributed by atoms with Gasteiger partial charge in [-0.15, -0.1) is 0 Å². The van der Waals surface area contributed by atoms with E-state index in [2.05, 4.69) is 83.0 Å². The molecule has 33 heavy (non-hydrogen) atoms. The van der Waals surface area contributed by atoms with Gasteiger partial charge in [0.25, 0.3) is 0 Å². The van der Waals surface area contributed by atoms with Gasteiger partial charge in [-0.1, -0.05) is 66.7 Å². The van der Waals surface area contributed by atoms with E-state index in [0.717, 1.165) is 18.0 Å². The lowest BCUT2D eigenvalue weighted by molar-refractivity contribution is 0.00467. The lowest BCUT2D eigenvalue weighted by atomic mass is 9.70. The molecule has 2 bridgehead atoms. The zero-order chi connectivity index (χ0) is 22.6. The van der Waals surface area contributed by atoms with Gasteiger partial charge in [-0.2, -0.15) is 0 Å². The number of nitrogens with one attached hydrogen (secondary N) is 1. The number of rotatable bonds is 8. The molecule has 0 saturated carbocycles. The van der Waals surface area contributed by atoms with Gasteiger partial charge in [0.15, 0.2) is 11.5 Å². The van der Waals surface area contributed by atoms with Crippen molar-refractivity contribution in [2.24, 2.45) is 5.92 Å². The van der Waals surface area contributed by atoms with Crippen molar-refractivity contribution in [2.45, 2.75) is 37.4 Å². The minimum atomic E-state index is 0.346. The summed E-state index contributed by atoms with van der Waals surface area (Å²) in [7, 11) is 3.38. The van der Waals surface area contributed by atoms with Gasteiger partial charge < -0.3 is 14.8 Å². The van der Waals surface area contributed by atoms with Gasteiger partial charge in [0.2, 0.25) is 0 Å². The van der Waals surface area contributed by atoms with Crippen LogP contribution in [0.2, 0.25) is 0 Å². The van der Waals surface area contributed by atoms with Crippen molar-refractivity contribution < 1.29 is 9.47 Å². The fourth-order valence-corrected chi connectivity index (χ4v) is 5.92. The molecule has 0 radical (unpaired) electrons. The minimum Gasteiger partial charge on any atom is -0.493 e. The van der Waals surface area contributed by atoms with Crippen LogP contribution in [0.15, 0.2) is 78.9 Å². The molecular formula is C29H34N2O2. The van der Waals surface area contributed by atoms with Gasteiger partial charge in [-0.3, -0.25) is 4.90 Å². The number of hydrogen-bond acceptors (Lipinski definition) is 4. The average molecular weight is 443 g/mol. The van der Waals surface area contributed by atoms with E-state index in [0.29, 0.717) is 23.9 Å². The molecule has 3 aliphatic rings. The van der Waals surface area contributed by atoms with Gasteiger partial charge >= 0.3 is 0 Å².